The van der Waals surface area contributed by atoms with Gasteiger partial charge in [-0.2, -0.15) is 17.6 Å². The van der Waals surface area contributed by atoms with Crippen molar-refractivity contribution in [2.24, 2.45) is 0 Å². The van der Waals surface area contributed by atoms with E-state index in [1.54, 1.807) is 4.90 Å². The van der Waals surface area contributed by atoms with Crippen molar-refractivity contribution in [3.63, 3.8) is 0 Å². The smallest absolute Gasteiger partial charge is 0.508 e. The molecule has 0 saturated heterocycles. The van der Waals surface area contributed by atoms with Crippen LogP contribution in [0, 0.1) is 58.2 Å². The Kier molecular flexibility index (Phi) is 19.8. The van der Waals surface area contributed by atoms with Gasteiger partial charge in [0.1, 0.15) is 11.5 Å². The summed E-state index contributed by atoms with van der Waals surface area (Å²) in [6.45, 7) is 4.89. The van der Waals surface area contributed by atoms with E-state index in [1.165, 1.54) is 70.3 Å². The number of unbranched alkanes of at least 4 members (excludes halogenated alkanes) is 16. The standard InChI is InChI=1S/C40H50BF10NO4/c1-3-5-7-8-9-10-11-12-13-14-15-16-17-18-19-20-24-52(23-6-4-2)27-25-26(53)21-22-28(27)54-41(55-39-35(48)31(44)29(42)32(45)36(39)49)56-40-37(50)33(46)30(43)34(47)38(40)51/h21-22,25,53H,3-20,23-24H2,1-2H3. The third-order valence-corrected chi connectivity index (χ3v) is 9.34. The molecule has 0 aliphatic carbocycles. The lowest BCUT2D eigenvalue weighted by Crippen LogP contribution is -2.39. The third-order valence-electron chi connectivity index (χ3n) is 9.34. The highest BCUT2D eigenvalue weighted by Crippen LogP contribution is 2.37. The van der Waals surface area contributed by atoms with Gasteiger partial charge in [-0.3, -0.25) is 0 Å². The van der Waals surface area contributed by atoms with Crippen LogP contribution in [0.5, 0.6) is 23.0 Å². The van der Waals surface area contributed by atoms with E-state index in [4.69, 9.17) is 14.0 Å². The van der Waals surface area contributed by atoms with Crippen molar-refractivity contribution >= 4 is 13.0 Å². The Labute approximate surface area is 322 Å². The number of phenols is 1. The minimum absolute atomic E-state index is 0.0893. The van der Waals surface area contributed by atoms with Crippen LogP contribution in [-0.4, -0.2) is 25.5 Å². The van der Waals surface area contributed by atoms with Crippen LogP contribution in [0.3, 0.4) is 0 Å². The quantitative estimate of drug-likeness (QED) is 0.0273. The van der Waals surface area contributed by atoms with Gasteiger partial charge in [-0.15, -0.1) is 0 Å². The van der Waals surface area contributed by atoms with Crippen LogP contribution in [0.4, 0.5) is 49.6 Å². The summed E-state index contributed by atoms with van der Waals surface area (Å²) in [5.41, 5.74) is 0.0893. The van der Waals surface area contributed by atoms with Crippen molar-refractivity contribution in [3.8, 4) is 23.0 Å². The van der Waals surface area contributed by atoms with Crippen molar-refractivity contribution in [1.82, 2.24) is 0 Å². The molecule has 0 saturated carbocycles. The first kappa shape index (κ1) is 46.4. The first-order valence-corrected chi connectivity index (χ1v) is 19.4. The van der Waals surface area contributed by atoms with Gasteiger partial charge >= 0.3 is 7.32 Å². The highest BCUT2D eigenvalue weighted by Gasteiger charge is 2.40. The third kappa shape index (κ3) is 13.3. The molecule has 0 aliphatic rings. The van der Waals surface area contributed by atoms with Crippen LogP contribution < -0.4 is 18.9 Å². The average molecular weight is 810 g/mol. The molecule has 56 heavy (non-hydrogen) atoms. The number of rotatable bonds is 27. The van der Waals surface area contributed by atoms with E-state index >= 15 is 0 Å². The van der Waals surface area contributed by atoms with Crippen molar-refractivity contribution in [2.45, 2.75) is 129 Å². The van der Waals surface area contributed by atoms with Crippen molar-refractivity contribution in [3.05, 3.63) is 76.4 Å². The van der Waals surface area contributed by atoms with Gasteiger partial charge in [-0.05, 0) is 25.0 Å². The first-order valence-electron chi connectivity index (χ1n) is 19.4. The Balaban J connectivity index is 1.73. The van der Waals surface area contributed by atoms with Crippen LogP contribution in [0.15, 0.2) is 18.2 Å². The second kappa shape index (κ2) is 23.9. The Morgan fingerprint density at radius 2 is 0.786 bits per heavy atom. The molecule has 3 aromatic carbocycles. The van der Waals surface area contributed by atoms with E-state index in [1.807, 2.05) is 6.92 Å². The molecule has 5 nitrogen and oxygen atoms in total. The second-order valence-electron chi connectivity index (χ2n) is 13.7. The highest BCUT2D eigenvalue weighted by molar-refractivity contribution is 6.39. The zero-order valence-electron chi connectivity index (χ0n) is 31.9. The summed E-state index contributed by atoms with van der Waals surface area (Å²) >= 11 is 0. The van der Waals surface area contributed by atoms with E-state index in [-0.39, 0.29) is 17.2 Å². The SMILES string of the molecule is CCCCCCCCCCCCCCCCCCN(CCCC)c1cc(O)ccc1OB(Oc1c(F)c(F)c(F)c(F)c1F)Oc1c(F)c(F)c(F)c(F)c1F. The highest BCUT2D eigenvalue weighted by atomic mass is 19.2. The van der Waals surface area contributed by atoms with Gasteiger partial charge in [0, 0.05) is 19.2 Å². The van der Waals surface area contributed by atoms with Crippen LogP contribution >= 0.6 is 0 Å². The lowest BCUT2D eigenvalue weighted by Gasteiger charge is -2.28. The normalized spacial score (nSPS) is 11.3. The summed E-state index contributed by atoms with van der Waals surface area (Å²) in [5.74, 6) is -29.9. The molecular formula is C40H50BF10NO4. The number of hydrogen-bond acceptors (Lipinski definition) is 5. The van der Waals surface area contributed by atoms with Gasteiger partial charge in [-0.1, -0.05) is 117 Å². The van der Waals surface area contributed by atoms with Crippen molar-refractivity contribution < 1.29 is 63.0 Å². The van der Waals surface area contributed by atoms with E-state index in [0.717, 1.165) is 50.7 Å². The topological polar surface area (TPSA) is 51.2 Å². The first-order chi connectivity index (χ1) is 26.8. The minimum atomic E-state index is -2.93. The molecule has 0 bridgehead atoms. The summed E-state index contributed by atoms with van der Waals surface area (Å²) < 4.78 is 157. The van der Waals surface area contributed by atoms with E-state index in [9.17, 15) is 49.0 Å². The Morgan fingerprint density at radius 3 is 1.18 bits per heavy atom. The van der Waals surface area contributed by atoms with E-state index < -0.39 is 77.0 Å². The van der Waals surface area contributed by atoms with Crippen LogP contribution in [-0.2, 0) is 0 Å². The number of aromatic hydroxyl groups is 1. The van der Waals surface area contributed by atoms with Gasteiger partial charge in [-0.25, -0.2) is 26.3 Å². The molecule has 0 aliphatic heterocycles. The zero-order valence-corrected chi connectivity index (χ0v) is 31.9. The Morgan fingerprint density at radius 1 is 0.446 bits per heavy atom. The van der Waals surface area contributed by atoms with Crippen molar-refractivity contribution in [1.29, 1.82) is 0 Å². The lowest BCUT2D eigenvalue weighted by molar-refractivity contribution is 0.260. The van der Waals surface area contributed by atoms with E-state index in [2.05, 4.69) is 6.92 Å². The predicted octanol–water partition coefficient (Wildman–Crippen LogP) is 13.2. The fourth-order valence-electron chi connectivity index (χ4n) is 6.15. The maximum atomic E-state index is 14.7. The molecule has 0 radical (unpaired) electrons. The molecule has 0 atom stereocenters. The monoisotopic (exact) mass is 809 g/mol. The minimum Gasteiger partial charge on any atom is -0.508 e. The van der Waals surface area contributed by atoms with Crippen LogP contribution in [0.2, 0.25) is 0 Å². The van der Waals surface area contributed by atoms with Crippen LogP contribution in [0.25, 0.3) is 0 Å². The number of nitrogens with zero attached hydrogens (tertiary/aromatic N) is 1. The molecule has 0 amide bonds. The fraction of sp³-hybridized carbons (Fsp3) is 0.550. The number of hydrogen-bond donors (Lipinski definition) is 1. The predicted molar refractivity (Wildman–Crippen MR) is 195 cm³/mol. The van der Waals surface area contributed by atoms with Crippen LogP contribution in [0.1, 0.15) is 129 Å². The maximum Gasteiger partial charge on any atom is 0.864 e. The summed E-state index contributed by atoms with van der Waals surface area (Å²) in [4.78, 5) is 1.76. The summed E-state index contributed by atoms with van der Waals surface area (Å²) in [6, 6.07) is 3.36. The largest absolute Gasteiger partial charge is 0.864 e. The molecule has 0 heterocycles. The van der Waals surface area contributed by atoms with Gasteiger partial charge in [0.05, 0.1) is 5.69 Å². The summed E-state index contributed by atoms with van der Waals surface area (Å²) in [6.07, 6.45) is 19.9. The Bertz CT molecular complexity index is 1560. The summed E-state index contributed by atoms with van der Waals surface area (Å²) in [7, 11) is -2.93. The molecule has 0 aromatic heterocycles. The molecule has 0 spiro atoms. The number of phenolic OH excluding ortho intramolecular Hbond substituents is 1. The number of anilines is 1. The fourth-order valence-corrected chi connectivity index (χ4v) is 6.15. The van der Waals surface area contributed by atoms with Crippen molar-refractivity contribution in [2.75, 3.05) is 18.0 Å². The zero-order chi connectivity index (χ0) is 41.2. The summed E-state index contributed by atoms with van der Waals surface area (Å²) in [5, 5.41) is 10.4. The number of halogens is 10. The lowest BCUT2D eigenvalue weighted by atomic mass is 10.0. The molecule has 3 rings (SSSR count). The molecule has 312 valence electrons. The molecule has 0 fully saturated rings. The second-order valence-corrected chi connectivity index (χ2v) is 13.7. The van der Waals surface area contributed by atoms with Gasteiger partial charge in [0.2, 0.25) is 58.2 Å². The number of benzene rings is 3. The molecule has 1 N–H and O–H groups in total. The van der Waals surface area contributed by atoms with E-state index in [0.29, 0.717) is 25.9 Å². The van der Waals surface area contributed by atoms with Gasteiger partial charge in [0.25, 0.3) is 0 Å². The van der Waals surface area contributed by atoms with Gasteiger partial charge < -0.3 is 24.0 Å². The molecule has 16 heteroatoms. The maximum absolute atomic E-state index is 14.7. The molecule has 3 aromatic rings. The molecule has 0 unspecified atom stereocenters. The average Bonchev–Trinajstić information content (AvgIpc) is 3.19. The molecular weight excluding hydrogens is 759 g/mol. The Hall–Kier alpha value is -3.98. The van der Waals surface area contributed by atoms with Gasteiger partial charge in [0.15, 0.2) is 11.5 Å².